The van der Waals surface area contributed by atoms with Crippen LogP contribution in [0.4, 0.5) is 0 Å². The van der Waals surface area contributed by atoms with Crippen LogP contribution in [0.25, 0.3) is 0 Å². The highest BCUT2D eigenvalue weighted by Gasteiger charge is 2.22. The van der Waals surface area contributed by atoms with E-state index in [0.29, 0.717) is 6.42 Å². The third-order valence-electron chi connectivity index (χ3n) is 9.16. The Labute approximate surface area is 319 Å². The Morgan fingerprint density at radius 1 is 0.500 bits per heavy atom. The number of carbonyl (C=O) groups is 2. The van der Waals surface area contributed by atoms with Crippen LogP contribution in [0.5, 0.6) is 0 Å². The first-order chi connectivity index (χ1) is 25.3. The van der Waals surface area contributed by atoms with Crippen molar-refractivity contribution in [3.8, 4) is 0 Å². The van der Waals surface area contributed by atoms with Crippen LogP contribution in [0.1, 0.15) is 206 Å². The second kappa shape index (κ2) is 39.0. The van der Waals surface area contributed by atoms with Crippen LogP contribution in [0, 0.1) is 0 Å². The molecule has 0 rings (SSSR count). The van der Waals surface area contributed by atoms with Gasteiger partial charge in [-0.3, -0.25) is 14.1 Å². The van der Waals surface area contributed by atoms with Gasteiger partial charge in [-0.2, -0.15) is 0 Å². The monoisotopic (exact) mass is 755 g/mol. The molecule has 0 spiro atoms. The van der Waals surface area contributed by atoms with Crippen molar-refractivity contribution in [1.82, 2.24) is 0 Å². The van der Waals surface area contributed by atoms with Gasteiger partial charge in [0.1, 0.15) is 6.61 Å². The van der Waals surface area contributed by atoms with Gasteiger partial charge in [-0.25, -0.2) is 4.57 Å². The molecule has 0 saturated heterocycles. The van der Waals surface area contributed by atoms with E-state index in [4.69, 9.17) is 19.3 Å². The van der Waals surface area contributed by atoms with Gasteiger partial charge < -0.3 is 19.3 Å². The molecule has 0 aromatic rings. The van der Waals surface area contributed by atoms with E-state index in [1.807, 2.05) is 0 Å². The maximum absolute atomic E-state index is 12.4. The number of phosphoric ester groups is 1. The smallest absolute Gasteiger partial charge is 0.462 e. The largest absolute Gasteiger partial charge is 0.469 e. The fraction of sp³-hybridized carbons (Fsp3) is 0.814. The Kier molecular flexibility index (Phi) is 37.7. The molecule has 0 saturated carbocycles. The molecule has 0 bridgehead atoms. The van der Waals surface area contributed by atoms with E-state index in [9.17, 15) is 14.2 Å². The fourth-order valence-electron chi connectivity index (χ4n) is 5.97. The Morgan fingerprint density at radius 3 is 1.33 bits per heavy atom. The number of hydrogen-bond donors (Lipinski definition) is 2. The SMILES string of the molecule is CCCCC/C=C/C/C=C/C/C=C/CCCCC(=O)O[C@H](COC(=O)CCCCCCCCCCCCCCCCCCCCC)COP(=O)(O)O. The molecule has 0 aromatic carbocycles. The first-order valence-electron chi connectivity index (χ1n) is 21.3. The summed E-state index contributed by atoms with van der Waals surface area (Å²) >= 11 is 0. The number of rotatable bonds is 39. The second-order valence-corrected chi connectivity index (χ2v) is 15.6. The number of esters is 2. The van der Waals surface area contributed by atoms with E-state index >= 15 is 0 Å². The van der Waals surface area contributed by atoms with Crippen molar-refractivity contribution >= 4 is 19.8 Å². The lowest BCUT2D eigenvalue weighted by Gasteiger charge is -2.18. The minimum atomic E-state index is -4.76. The molecule has 0 aliphatic heterocycles. The molecule has 0 fully saturated rings. The van der Waals surface area contributed by atoms with Gasteiger partial charge in [0.15, 0.2) is 6.10 Å². The molecule has 2 N–H and O–H groups in total. The topological polar surface area (TPSA) is 119 Å². The van der Waals surface area contributed by atoms with Crippen LogP contribution >= 0.6 is 7.82 Å². The molecule has 0 amide bonds. The van der Waals surface area contributed by atoms with Crippen molar-refractivity contribution in [1.29, 1.82) is 0 Å². The number of unbranched alkanes of at least 4 members (excludes halogenated alkanes) is 23. The van der Waals surface area contributed by atoms with Gasteiger partial charge in [0.05, 0.1) is 6.61 Å². The summed E-state index contributed by atoms with van der Waals surface area (Å²) < 4.78 is 26.3. The molecule has 0 unspecified atom stereocenters. The number of phosphoric acid groups is 1. The van der Waals surface area contributed by atoms with Crippen molar-refractivity contribution in [2.24, 2.45) is 0 Å². The van der Waals surface area contributed by atoms with Crippen LogP contribution in [0.3, 0.4) is 0 Å². The Bertz CT molecular complexity index is 941. The summed E-state index contributed by atoms with van der Waals surface area (Å²) in [6.45, 7) is 3.64. The molecule has 0 aliphatic rings. The minimum absolute atomic E-state index is 0.165. The highest BCUT2D eigenvalue weighted by molar-refractivity contribution is 7.46. The minimum Gasteiger partial charge on any atom is -0.462 e. The van der Waals surface area contributed by atoms with Gasteiger partial charge in [-0.1, -0.05) is 179 Å². The molecule has 0 heterocycles. The van der Waals surface area contributed by atoms with E-state index in [1.54, 1.807) is 0 Å². The molecule has 0 radical (unpaired) electrons. The Morgan fingerprint density at radius 2 is 0.865 bits per heavy atom. The maximum atomic E-state index is 12.4. The van der Waals surface area contributed by atoms with Gasteiger partial charge in [0.2, 0.25) is 0 Å². The molecule has 304 valence electrons. The van der Waals surface area contributed by atoms with Gasteiger partial charge in [-0.05, 0) is 51.4 Å². The average molecular weight is 755 g/mol. The third kappa shape index (κ3) is 41.0. The number of ether oxygens (including phenoxy) is 2. The van der Waals surface area contributed by atoms with Crippen molar-refractivity contribution in [3.63, 3.8) is 0 Å². The molecule has 8 nitrogen and oxygen atoms in total. The van der Waals surface area contributed by atoms with Crippen molar-refractivity contribution in [2.75, 3.05) is 13.2 Å². The van der Waals surface area contributed by atoms with E-state index < -0.39 is 32.5 Å². The third-order valence-corrected chi connectivity index (χ3v) is 9.65. The molecular formula is C43H79O8P. The predicted molar refractivity (Wildman–Crippen MR) is 216 cm³/mol. The first-order valence-corrected chi connectivity index (χ1v) is 22.8. The van der Waals surface area contributed by atoms with E-state index in [1.165, 1.54) is 122 Å². The Hall–Kier alpha value is -1.73. The standard InChI is InChI=1S/C43H79O8P/c1-3-5-7-9-11-13-15-17-19-20-21-22-24-25-27-29-31-33-35-37-42(44)49-39-41(40-50-52(46,47)48)51-43(45)38-36-34-32-30-28-26-23-18-16-14-12-10-8-6-4-2/h12,14,18,23,28,30,41H,3-11,13,15-17,19-22,24-27,29,31-40H2,1-2H3,(H2,46,47,48)/b14-12+,23-18+,30-28+/t41-/m1/s1. The zero-order valence-electron chi connectivity index (χ0n) is 33.5. The highest BCUT2D eigenvalue weighted by atomic mass is 31.2. The summed E-state index contributed by atoms with van der Waals surface area (Å²) in [6.07, 6.45) is 45.9. The molecular weight excluding hydrogens is 675 g/mol. The summed E-state index contributed by atoms with van der Waals surface area (Å²) in [5, 5.41) is 0. The lowest BCUT2D eigenvalue weighted by molar-refractivity contribution is -0.161. The van der Waals surface area contributed by atoms with Crippen LogP contribution < -0.4 is 0 Å². The molecule has 52 heavy (non-hydrogen) atoms. The summed E-state index contributed by atoms with van der Waals surface area (Å²) in [5.74, 6) is -0.923. The normalized spacial score (nSPS) is 12.8. The average Bonchev–Trinajstić information content (AvgIpc) is 3.11. The molecule has 9 heteroatoms. The van der Waals surface area contributed by atoms with Crippen molar-refractivity contribution < 1.29 is 37.9 Å². The first kappa shape index (κ1) is 50.3. The van der Waals surface area contributed by atoms with E-state index in [0.717, 1.165) is 51.4 Å². The second-order valence-electron chi connectivity index (χ2n) is 14.3. The number of allylic oxidation sites excluding steroid dienone is 6. The van der Waals surface area contributed by atoms with Crippen LogP contribution in [-0.4, -0.2) is 41.0 Å². The van der Waals surface area contributed by atoms with Gasteiger partial charge >= 0.3 is 19.8 Å². The zero-order valence-corrected chi connectivity index (χ0v) is 34.4. The number of carbonyl (C=O) groups excluding carboxylic acids is 2. The van der Waals surface area contributed by atoms with E-state index in [-0.39, 0.29) is 19.4 Å². The highest BCUT2D eigenvalue weighted by Crippen LogP contribution is 2.36. The van der Waals surface area contributed by atoms with Gasteiger partial charge in [-0.15, -0.1) is 0 Å². The lowest BCUT2D eigenvalue weighted by atomic mass is 10.0. The molecule has 1 atom stereocenters. The lowest BCUT2D eigenvalue weighted by Crippen LogP contribution is -2.29. The predicted octanol–water partition coefficient (Wildman–Crippen LogP) is 13.0. The summed E-state index contributed by atoms with van der Waals surface area (Å²) in [4.78, 5) is 42.8. The Balaban J connectivity index is 3.92. The quantitative estimate of drug-likeness (QED) is 0.0275. The summed E-state index contributed by atoms with van der Waals surface area (Å²) in [5.41, 5.74) is 0. The van der Waals surface area contributed by atoms with Crippen molar-refractivity contribution in [3.05, 3.63) is 36.5 Å². The van der Waals surface area contributed by atoms with Gasteiger partial charge in [0.25, 0.3) is 0 Å². The number of hydrogen-bond acceptors (Lipinski definition) is 6. The van der Waals surface area contributed by atoms with E-state index in [2.05, 4.69) is 54.8 Å². The van der Waals surface area contributed by atoms with Crippen LogP contribution in [-0.2, 0) is 28.2 Å². The molecule has 0 aromatic heterocycles. The zero-order chi connectivity index (χ0) is 38.2. The maximum Gasteiger partial charge on any atom is 0.469 e. The van der Waals surface area contributed by atoms with Gasteiger partial charge in [0, 0.05) is 12.8 Å². The summed E-state index contributed by atoms with van der Waals surface area (Å²) in [7, 11) is -4.76. The fourth-order valence-corrected chi connectivity index (χ4v) is 6.33. The van der Waals surface area contributed by atoms with Crippen LogP contribution in [0.15, 0.2) is 36.5 Å². The van der Waals surface area contributed by atoms with Crippen LogP contribution in [0.2, 0.25) is 0 Å². The molecule has 0 aliphatic carbocycles. The van der Waals surface area contributed by atoms with Crippen molar-refractivity contribution in [2.45, 2.75) is 213 Å². The summed E-state index contributed by atoms with van der Waals surface area (Å²) in [6, 6.07) is 0.